The number of hydrogen-bond acceptors (Lipinski definition) is 3. The molecule has 0 aliphatic carbocycles. The molecule has 0 saturated heterocycles. The molecule has 122 valence electrons. The maximum atomic E-state index is 12.2. The Hall–Kier alpha value is -2.20. The lowest BCUT2D eigenvalue weighted by Crippen LogP contribution is -2.14. The smallest absolute Gasteiger partial charge is 0.224 e. The fourth-order valence-corrected chi connectivity index (χ4v) is 2.33. The number of benzene rings is 2. The van der Waals surface area contributed by atoms with Gasteiger partial charge in [-0.2, -0.15) is 0 Å². The number of para-hydroxylation sites is 1. The minimum absolute atomic E-state index is 0.100. The van der Waals surface area contributed by atoms with E-state index < -0.39 is 0 Å². The monoisotopic (exact) mass is 332 g/mol. The lowest BCUT2D eigenvalue weighted by Gasteiger charge is -2.13. The van der Waals surface area contributed by atoms with E-state index in [0.717, 1.165) is 12.0 Å². The number of nitrogens with one attached hydrogen (secondary N) is 1. The summed E-state index contributed by atoms with van der Waals surface area (Å²) in [6.45, 7) is 2.61. The number of hydrogen-bond donors (Lipinski definition) is 2. The molecule has 0 aromatic heterocycles. The van der Waals surface area contributed by atoms with Crippen molar-refractivity contribution in [3.05, 3.63) is 53.1 Å². The van der Waals surface area contributed by atoms with Gasteiger partial charge in [0, 0.05) is 17.1 Å². The van der Waals surface area contributed by atoms with Crippen LogP contribution in [0.25, 0.3) is 0 Å². The first-order valence-corrected chi connectivity index (χ1v) is 8.03. The molecule has 0 atom stereocenters. The second-order valence-corrected chi connectivity index (χ2v) is 5.67. The summed E-state index contributed by atoms with van der Waals surface area (Å²) in [5, 5.41) is 3.41. The molecule has 4 nitrogen and oxygen atoms in total. The Morgan fingerprint density at radius 2 is 2.04 bits per heavy atom. The number of carbonyl (C=O) groups is 1. The zero-order valence-corrected chi connectivity index (χ0v) is 13.9. The van der Waals surface area contributed by atoms with Crippen molar-refractivity contribution in [1.82, 2.24) is 0 Å². The molecule has 5 heteroatoms. The fourth-order valence-electron chi connectivity index (χ4n) is 2.16. The van der Waals surface area contributed by atoms with Crippen LogP contribution in [-0.4, -0.2) is 12.5 Å². The first kappa shape index (κ1) is 17.2. The molecule has 0 radical (unpaired) electrons. The Morgan fingerprint density at radius 1 is 1.26 bits per heavy atom. The minimum atomic E-state index is -0.100. The van der Waals surface area contributed by atoms with E-state index in [1.165, 1.54) is 0 Å². The van der Waals surface area contributed by atoms with Gasteiger partial charge in [-0.25, -0.2) is 0 Å². The van der Waals surface area contributed by atoms with E-state index in [-0.39, 0.29) is 5.91 Å². The van der Waals surface area contributed by atoms with Gasteiger partial charge in [0.15, 0.2) is 0 Å². The Balaban J connectivity index is 1.99. The molecule has 0 aliphatic heterocycles. The van der Waals surface area contributed by atoms with E-state index in [9.17, 15) is 4.79 Å². The van der Waals surface area contributed by atoms with Crippen molar-refractivity contribution in [2.75, 3.05) is 17.7 Å². The van der Waals surface area contributed by atoms with Crippen LogP contribution in [0.5, 0.6) is 5.75 Å². The van der Waals surface area contributed by atoms with E-state index in [0.29, 0.717) is 41.6 Å². The van der Waals surface area contributed by atoms with E-state index in [1.54, 1.807) is 18.2 Å². The van der Waals surface area contributed by atoms with E-state index in [4.69, 9.17) is 22.1 Å². The highest BCUT2D eigenvalue weighted by Crippen LogP contribution is 2.28. The second kappa shape index (κ2) is 8.44. The topological polar surface area (TPSA) is 64.3 Å². The minimum Gasteiger partial charge on any atom is -0.491 e. The van der Waals surface area contributed by atoms with Gasteiger partial charge >= 0.3 is 0 Å². The van der Waals surface area contributed by atoms with Gasteiger partial charge in [0.2, 0.25) is 5.91 Å². The maximum Gasteiger partial charge on any atom is 0.224 e. The van der Waals surface area contributed by atoms with Crippen molar-refractivity contribution < 1.29 is 9.53 Å². The number of rotatable bonds is 7. The fraction of sp³-hybridized carbons (Fsp3) is 0.278. The third-order valence-corrected chi connectivity index (χ3v) is 3.59. The van der Waals surface area contributed by atoms with Crippen LogP contribution in [0.4, 0.5) is 11.4 Å². The van der Waals surface area contributed by atoms with E-state index in [2.05, 4.69) is 5.32 Å². The quantitative estimate of drug-likeness (QED) is 0.744. The van der Waals surface area contributed by atoms with E-state index >= 15 is 0 Å². The third kappa shape index (κ3) is 5.18. The van der Waals surface area contributed by atoms with Crippen LogP contribution >= 0.6 is 11.6 Å². The molecular formula is C18H21ClN2O2. The number of amides is 1. The van der Waals surface area contributed by atoms with Crippen LogP contribution in [0.3, 0.4) is 0 Å². The molecule has 0 saturated carbocycles. The van der Waals surface area contributed by atoms with Gasteiger partial charge in [0.1, 0.15) is 5.75 Å². The van der Waals surface area contributed by atoms with Gasteiger partial charge in [-0.3, -0.25) is 4.79 Å². The van der Waals surface area contributed by atoms with E-state index in [1.807, 2.05) is 31.2 Å². The Bertz CT molecular complexity index is 674. The van der Waals surface area contributed by atoms with Crippen LogP contribution in [-0.2, 0) is 11.2 Å². The number of aryl methyl sites for hydroxylation is 1. The molecule has 2 rings (SSSR count). The summed E-state index contributed by atoms with van der Waals surface area (Å²) in [6.07, 6.45) is 1.82. The van der Waals surface area contributed by atoms with Gasteiger partial charge in [-0.1, -0.05) is 36.7 Å². The molecule has 2 aromatic carbocycles. The SMILES string of the molecule is CCCOc1ccc(Cl)cc1NC(=O)CCc1ccccc1N. The first-order chi connectivity index (χ1) is 11.1. The summed E-state index contributed by atoms with van der Waals surface area (Å²) in [4.78, 5) is 12.2. The summed E-state index contributed by atoms with van der Waals surface area (Å²) in [5.41, 5.74) is 8.16. The van der Waals surface area contributed by atoms with Crippen LogP contribution in [0, 0.1) is 0 Å². The van der Waals surface area contributed by atoms with Gasteiger partial charge in [0.05, 0.1) is 12.3 Å². The molecule has 1 amide bonds. The molecule has 0 unspecified atom stereocenters. The number of ether oxygens (including phenoxy) is 1. The highest BCUT2D eigenvalue weighted by atomic mass is 35.5. The second-order valence-electron chi connectivity index (χ2n) is 5.24. The zero-order valence-electron chi connectivity index (χ0n) is 13.1. The number of anilines is 2. The Morgan fingerprint density at radius 3 is 2.78 bits per heavy atom. The van der Waals surface area contributed by atoms with Crippen LogP contribution < -0.4 is 15.8 Å². The van der Waals surface area contributed by atoms with Crippen LogP contribution in [0.2, 0.25) is 5.02 Å². The van der Waals surface area contributed by atoms with Crippen molar-refractivity contribution >= 4 is 28.9 Å². The lowest BCUT2D eigenvalue weighted by atomic mass is 10.1. The summed E-state index contributed by atoms with van der Waals surface area (Å²) < 4.78 is 5.63. The standard InChI is InChI=1S/C18H21ClN2O2/c1-2-11-23-17-9-8-14(19)12-16(17)21-18(22)10-7-13-5-3-4-6-15(13)20/h3-6,8-9,12H,2,7,10-11,20H2,1H3,(H,21,22). The molecule has 0 fully saturated rings. The summed E-state index contributed by atoms with van der Waals surface area (Å²) in [7, 11) is 0. The van der Waals surface area contributed by atoms with Crippen molar-refractivity contribution in [2.24, 2.45) is 0 Å². The predicted octanol–water partition coefficient (Wildman–Crippen LogP) is 4.28. The summed E-state index contributed by atoms with van der Waals surface area (Å²) in [6, 6.07) is 12.8. The molecule has 0 heterocycles. The number of halogens is 1. The lowest BCUT2D eigenvalue weighted by molar-refractivity contribution is -0.116. The normalized spacial score (nSPS) is 10.3. The number of nitrogen functional groups attached to an aromatic ring is 1. The molecule has 23 heavy (non-hydrogen) atoms. The predicted molar refractivity (Wildman–Crippen MR) is 95.0 cm³/mol. The number of carbonyl (C=O) groups excluding carboxylic acids is 1. The van der Waals surface area contributed by atoms with Gasteiger partial charge < -0.3 is 15.8 Å². The molecular weight excluding hydrogens is 312 g/mol. The van der Waals surface area contributed by atoms with Crippen molar-refractivity contribution in [3.8, 4) is 5.75 Å². The largest absolute Gasteiger partial charge is 0.491 e. The number of nitrogens with two attached hydrogens (primary N) is 1. The summed E-state index contributed by atoms with van der Waals surface area (Å²) in [5.74, 6) is 0.528. The Labute approximate surface area is 141 Å². The zero-order chi connectivity index (χ0) is 16.7. The highest BCUT2D eigenvalue weighted by molar-refractivity contribution is 6.31. The third-order valence-electron chi connectivity index (χ3n) is 3.35. The van der Waals surface area contributed by atoms with Crippen molar-refractivity contribution in [2.45, 2.75) is 26.2 Å². The molecule has 0 spiro atoms. The average molecular weight is 333 g/mol. The molecule has 0 aliphatic rings. The maximum absolute atomic E-state index is 12.2. The summed E-state index contributed by atoms with van der Waals surface area (Å²) >= 11 is 6.00. The van der Waals surface area contributed by atoms with Crippen LogP contribution in [0.1, 0.15) is 25.3 Å². The van der Waals surface area contributed by atoms with Crippen molar-refractivity contribution in [1.29, 1.82) is 0 Å². The average Bonchev–Trinajstić information content (AvgIpc) is 2.53. The van der Waals surface area contributed by atoms with Crippen molar-refractivity contribution in [3.63, 3.8) is 0 Å². The molecule has 3 N–H and O–H groups in total. The van der Waals surface area contributed by atoms with Gasteiger partial charge in [-0.15, -0.1) is 0 Å². The van der Waals surface area contributed by atoms with Crippen LogP contribution in [0.15, 0.2) is 42.5 Å². The first-order valence-electron chi connectivity index (χ1n) is 7.65. The Kier molecular flexibility index (Phi) is 6.29. The highest BCUT2D eigenvalue weighted by Gasteiger charge is 2.10. The molecule has 2 aromatic rings. The molecule has 0 bridgehead atoms. The van der Waals surface area contributed by atoms with Gasteiger partial charge in [0.25, 0.3) is 0 Å². The van der Waals surface area contributed by atoms with Gasteiger partial charge in [-0.05, 0) is 42.7 Å².